The van der Waals surface area contributed by atoms with E-state index in [-0.39, 0.29) is 11.6 Å². The van der Waals surface area contributed by atoms with Gasteiger partial charge in [0, 0.05) is 6.08 Å². The number of methoxy groups -OCH3 is 1. The Balaban J connectivity index is 2.14. The minimum atomic E-state index is -0.271. The van der Waals surface area contributed by atoms with Gasteiger partial charge in [-0.05, 0) is 31.8 Å². The third-order valence-corrected chi connectivity index (χ3v) is 2.99. The van der Waals surface area contributed by atoms with E-state index in [0.717, 1.165) is 24.8 Å². The first kappa shape index (κ1) is 8.75. The molecule has 0 N–H and O–H groups in total. The summed E-state index contributed by atoms with van der Waals surface area (Å²) in [5.41, 5.74) is 0.947. The van der Waals surface area contributed by atoms with E-state index in [2.05, 4.69) is 4.74 Å². The van der Waals surface area contributed by atoms with Gasteiger partial charge in [-0.3, -0.25) is 0 Å². The van der Waals surface area contributed by atoms with Crippen LogP contribution >= 0.6 is 0 Å². The summed E-state index contributed by atoms with van der Waals surface area (Å²) in [5.74, 6) is -0.271. The lowest BCUT2D eigenvalue weighted by Gasteiger charge is -2.16. The number of rotatable bonds is 1. The maximum atomic E-state index is 11.0. The monoisotopic (exact) mass is 182 g/mol. The molecule has 0 aromatic carbocycles. The molecular formula is C10H14O3. The standard InChI is InChI=1S/C10H14O3/c1-10-7(6-9(11)12-2)4-3-5-8(10)13-10/h6,8H,3-5H2,1-2H3. The van der Waals surface area contributed by atoms with Crippen molar-refractivity contribution in [3.63, 3.8) is 0 Å². The molecule has 2 unspecified atom stereocenters. The van der Waals surface area contributed by atoms with Gasteiger partial charge >= 0.3 is 5.97 Å². The van der Waals surface area contributed by atoms with Crippen LogP contribution in [0, 0.1) is 0 Å². The van der Waals surface area contributed by atoms with Gasteiger partial charge in [0.25, 0.3) is 0 Å². The number of carbonyl (C=O) groups is 1. The first-order valence-corrected chi connectivity index (χ1v) is 4.63. The molecule has 2 aliphatic rings. The molecule has 1 saturated heterocycles. The average Bonchev–Trinajstić information content (AvgIpc) is 2.78. The van der Waals surface area contributed by atoms with Gasteiger partial charge in [0.15, 0.2) is 0 Å². The van der Waals surface area contributed by atoms with Gasteiger partial charge in [0.1, 0.15) is 5.60 Å². The van der Waals surface area contributed by atoms with Crippen molar-refractivity contribution in [2.75, 3.05) is 7.11 Å². The van der Waals surface area contributed by atoms with Crippen LogP contribution in [0.4, 0.5) is 0 Å². The summed E-state index contributed by atoms with van der Waals surface area (Å²) in [7, 11) is 1.40. The lowest BCUT2D eigenvalue weighted by atomic mass is 9.85. The third kappa shape index (κ3) is 1.37. The molecule has 1 saturated carbocycles. The number of hydrogen-bond acceptors (Lipinski definition) is 3. The van der Waals surface area contributed by atoms with Crippen LogP contribution in [0.3, 0.4) is 0 Å². The molecule has 2 atom stereocenters. The quantitative estimate of drug-likeness (QED) is 0.350. The van der Waals surface area contributed by atoms with Crippen molar-refractivity contribution in [2.24, 2.45) is 0 Å². The van der Waals surface area contributed by atoms with Crippen molar-refractivity contribution in [3.05, 3.63) is 11.6 Å². The zero-order valence-electron chi connectivity index (χ0n) is 8.00. The molecule has 1 aliphatic heterocycles. The Morgan fingerprint density at radius 1 is 1.77 bits per heavy atom. The molecule has 13 heavy (non-hydrogen) atoms. The van der Waals surface area contributed by atoms with E-state index in [1.54, 1.807) is 6.08 Å². The number of ether oxygens (including phenoxy) is 2. The van der Waals surface area contributed by atoms with E-state index < -0.39 is 0 Å². The van der Waals surface area contributed by atoms with Gasteiger partial charge in [-0.25, -0.2) is 4.79 Å². The maximum absolute atomic E-state index is 11.0. The van der Waals surface area contributed by atoms with Crippen LogP contribution < -0.4 is 0 Å². The van der Waals surface area contributed by atoms with E-state index >= 15 is 0 Å². The number of carbonyl (C=O) groups excluding carboxylic acids is 1. The Kier molecular flexibility index (Phi) is 1.91. The Hall–Kier alpha value is -0.830. The van der Waals surface area contributed by atoms with Gasteiger partial charge in [-0.1, -0.05) is 0 Å². The predicted molar refractivity (Wildman–Crippen MR) is 47.2 cm³/mol. The van der Waals surface area contributed by atoms with E-state index in [4.69, 9.17) is 4.74 Å². The van der Waals surface area contributed by atoms with Crippen LogP contribution in [0.5, 0.6) is 0 Å². The smallest absolute Gasteiger partial charge is 0.330 e. The summed E-state index contributed by atoms with van der Waals surface area (Å²) in [5, 5.41) is 0. The second-order valence-electron chi connectivity index (χ2n) is 3.80. The first-order valence-electron chi connectivity index (χ1n) is 4.63. The molecule has 0 spiro atoms. The minimum absolute atomic E-state index is 0.146. The second kappa shape index (κ2) is 2.84. The Labute approximate surface area is 77.7 Å². The molecule has 0 aromatic rings. The van der Waals surface area contributed by atoms with Gasteiger partial charge in [0.05, 0.1) is 13.2 Å². The molecular weight excluding hydrogens is 168 g/mol. The topological polar surface area (TPSA) is 38.8 Å². The van der Waals surface area contributed by atoms with Crippen molar-refractivity contribution in [1.82, 2.24) is 0 Å². The summed E-state index contributed by atoms with van der Waals surface area (Å²) < 4.78 is 10.1. The lowest BCUT2D eigenvalue weighted by Crippen LogP contribution is -2.19. The fraction of sp³-hybridized carbons (Fsp3) is 0.700. The van der Waals surface area contributed by atoms with E-state index in [9.17, 15) is 4.79 Å². The summed E-state index contributed by atoms with van der Waals surface area (Å²) >= 11 is 0. The largest absolute Gasteiger partial charge is 0.466 e. The fourth-order valence-electron chi connectivity index (χ4n) is 2.02. The number of esters is 1. The van der Waals surface area contributed by atoms with Crippen LogP contribution in [0.2, 0.25) is 0 Å². The number of fused-ring (bicyclic) bond motifs is 1. The van der Waals surface area contributed by atoms with Crippen LogP contribution in [0.15, 0.2) is 11.6 Å². The number of epoxide rings is 1. The molecule has 3 heteroatoms. The SMILES string of the molecule is COC(=O)C=C1CCCC2OC12C. The Bertz CT molecular complexity index is 269. The van der Waals surface area contributed by atoms with Crippen LogP contribution in [0.1, 0.15) is 26.2 Å². The van der Waals surface area contributed by atoms with Crippen molar-refractivity contribution in [2.45, 2.75) is 37.9 Å². The highest BCUT2D eigenvalue weighted by molar-refractivity contribution is 5.83. The normalized spacial score (nSPS) is 39.8. The molecule has 2 rings (SSSR count). The number of hydrogen-bond donors (Lipinski definition) is 0. The highest BCUT2D eigenvalue weighted by Crippen LogP contribution is 2.50. The molecule has 1 heterocycles. The molecule has 2 fully saturated rings. The predicted octanol–water partition coefficient (Wildman–Crippen LogP) is 1.43. The molecule has 72 valence electrons. The highest BCUT2D eigenvalue weighted by atomic mass is 16.6. The molecule has 0 radical (unpaired) electrons. The van der Waals surface area contributed by atoms with Gasteiger partial charge in [-0.15, -0.1) is 0 Å². The summed E-state index contributed by atoms with van der Waals surface area (Å²) in [6, 6.07) is 0. The Morgan fingerprint density at radius 3 is 3.23 bits per heavy atom. The van der Waals surface area contributed by atoms with Crippen molar-refractivity contribution >= 4 is 5.97 Å². The van der Waals surface area contributed by atoms with Crippen molar-refractivity contribution < 1.29 is 14.3 Å². The van der Waals surface area contributed by atoms with Crippen LogP contribution in [-0.2, 0) is 14.3 Å². The molecule has 0 bridgehead atoms. The highest BCUT2D eigenvalue weighted by Gasteiger charge is 2.56. The average molecular weight is 182 g/mol. The Morgan fingerprint density at radius 2 is 2.54 bits per heavy atom. The molecule has 1 aliphatic carbocycles. The van der Waals surface area contributed by atoms with Gasteiger partial charge in [-0.2, -0.15) is 0 Å². The van der Waals surface area contributed by atoms with Crippen molar-refractivity contribution in [1.29, 1.82) is 0 Å². The summed E-state index contributed by atoms with van der Waals surface area (Å²) in [6.45, 7) is 2.05. The van der Waals surface area contributed by atoms with E-state index in [1.165, 1.54) is 7.11 Å². The second-order valence-corrected chi connectivity index (χ2v) is 3.80. The fourth-order valence-corrected chi connectivity index (χ4v) is 2.02. The van der Waals surface area contributed by atoms with Gasteiger partial charge < -0.3 is 9.47 Å². The first-order chi connectivity index (χ1) is 6.16. The van der Waals surface area contributed by atoms with Crippen LogP contribution in [-0.4, -0.2) is 24.8 Å². The molecule has 3 nitrogen and oxygen atoms in total. The minimum Gasteiger partial charge on any atom is -0.466 e. The van der Waals surface area contributed by atoms with E-state index in [1.807, 2.05) is 6.92 Å². The maximum Gasteiger partial charge on any atom is 0.330 e. The zero-order chi connectivity index (χ0) is 9.47. The zero-order valence-corrected chi connectivity index (χ0v) is 8.00. The molecule has 0 amide bonds. The van der Waals surface area contributed by atoms with Gasteiger partial charge in [0.2, 0.25) is 0 Å². The third-order valence-electron chi connectivity index (χ3n) is 2.99. The summed E-state index contributed by atoms with van der Waals surface area (Å²) in [6.07, 6.45) is 5.12. The van der Waals surface area contributed by atoms with E-state index in [0.29, 0.717) is 6.10 Å². The lowest BCUT2D eigenvalue weighted by molar-refractivity contribution is -0.134. The van der Waals surface area contributed by atoms with Crippen molar-refractivity contribution in [3.8, 4) is 0 Å². The summed E-state index contributed by atoms with van der Waals surface area (Å²) in [4.78, 5) is 11.0. The molecule has 0 aromatic heterocycles. The van der Waals surface area contributed by atoms with Crippen LogP contribution in [0.25, 0.3) is 0 Å².